The average Bonchev–Trinajstić information content (AvgIpc) is 2.03. The van der Waals surface area contributed by atoms with Gasteiger partial charge in [0.25, 0.3) is 0 Å². The first kappa shape index (κ1) is 11.8. The molecule has 0 radical (unpaired) electrons. The highest BCUT2D eigenvalue weighted by molar-refractivity contribution is 7.99. The van der Waals surface area contributed by atoms with Crippen molar-refractivity contribution >= 4 is 17.7 Å². The van der Waals surface area contributed by atoms with Gasteiger partial charge >= 0.3 is 5.97 Å². The zero-order valence-electron chi connectivity index (χ0n) is 7.62. The third-order valence-corrected chi connectivity index (χ3v) is 3.11. The van der Waals surface area contributed by atoms with E-state index in [9.17, 15) is 4.79 Å². The Bertz CT molecular complexity index is 141. The van der Waals surface area contributed by atoms with Crippen molar-refractivity contribution in [2.24, 2.45) is 11.7 Å². The quantitative estimate of drug-likeness (QED) is 0.661. The van der Waals surface area contributed by atoms with E-state index in [0.717, 1.165) is 12.2 Å². The third kappa shape index (κ3) is 5.43. The number of nitrogens with two attached hydrogens (primary N) is 1. The van der Waals surface area contributed by atoms with Crippen LogP contribution in [0.2, 0.25) is 0 Å². The van der Waals surface area contributed by atoms with Crippen LogP contribution in [0.3, 0.4) is 0 Å². The smallest absolute Gasteiger partial charge is 0.321 e. The molecule has 0 aromatic carbocycles. The summed E-state index contributed by atoms with van der Waals surface area (Å²) in [4.78, 5) is 10.3. The number of aliphatic carboxylic acids is 1. The Balaban J connectivity index is 3.37. The molecule has 72 valence electrons. The highest BCUT2D eigenvalue weighted by Crippen LogP contribution is 2.11. The molecule has 4 heteroatoms. The number of rotatable bonds is 6. The van der Waals surface area contributed by atoms with Gasteiger partial charge in [0.1, 0.15) is 6.04 Å². The maximum absolute atomic E-state index is 10.3. The van der Waals surface area contributed by atoms with Crippen molar-refractivity contribution < 1.29 is 9.90 Å². The van der Waals surface area contributed by atoms with Crippen LogP contribution in [0.5, 0.6) is 0 Å². The lowest BCUT2D eigenvalue weighted by atomic mass is 10.2. The number of carboxylic acid groups (broad SMARTS) is 1. The fraction of sp³-hybridized carbons (Fsp3) is 0.875. The van der Waals surface area contributed by atoms with E-state index in [-0.39, 0.29) is 0 Å². The Labute approximate surface area is 77.7 Å². The van der Waals surface area contributed by atoms with Gasteiger partial charge in [0.05, 0.1) is 0 Å². The molecule has 0 rings (SSSR count). The van der Waals surface area contributed by atoms with Gasteiger partial charge in [-0.1, -0.05) is 20.3 Å². The summed E-state index contributed by atoms with van der Waals surface area (Å²) in [6.07, 6.45) is 1.13. The largest absolute Gasteiger partial charge is 0.480 e. The van der Waals surface area contributed by atoms with Gasteiger partial charge in [-0.05, 0) is 11.7 Å². The Morgan fingerprint density at radius 3 is 2.58 bits per heavy atom. The van der Waals surface area contributed by atoms with Crippen LogP contribution >= 0.6 is 11.8 Å². The van der Waals surface area contributed by atoms with E-state index in [0.29, 0.717) is 11.7 Å². The minimum atomic E-state index is -0.911. The second-order valence-corrected chi connectivity index (χ2v) is 4.07. The fourth-order valence-electron chi connectivity index (χ4n) is 0.585. The number of thioether (sulfide) groups is 1. The summed E-state index contributed by atoms with van der Waals surface area (Å²) >= 11 is 1.62. The summed E-state index contributed by atoms with van der Waals surface area (Å²) in [7, 11) is 0. The van der Waals surface area contributed by atoms with Crippen molar-refractivity contribution in [3.05, 3.63) is 0 Å². The van der Waals surface area contributed by atoms with Crippen LogP contribution in [0.25, 0.3) is 0 Å². The first-order valence-corrected chi connectivity index (χ1v) is 5.29. The summed E-state index contributed by atoms with van der Waals surface area (Å²) in [6, 6.07) is -0.709. The standard InChI is InChI=1S/C8H17NO2S/c1-3-6(2)4-12-5-7(9)8(10)11/h6-7H,3-5,9H2,1-2H3,(H,10,11). The minimum Gasteiger partial charge on any atom is -0.480 e. The molecule has 0 aliphatic rings. The molecular formula is C8H17NO2S. The van der Waals surface area contributed by atoms with Gasteiger partial charge in [0.2, 0.25) is 0 Å². The second-order valence-electron chi connectivity index (χ2n) is 3.00. The van der Waals surface area contributed by atoms with Crippen molar-refractivity contribution in [3.63, 3.8) is 0 Å². The van der Waals surface area contributed by atoms with E-state index < -0.39 is 12.0 Å². The zero-order valence-corrected chi connectivity index (χ0v) is 8.43. The van der Waals surface area contributed by atoms with Gasteiger partial charge in [0, 0.05) is 5.75 Å². The van der Waals surface area contributed by atoms with E-state index in [1.54, 1.807) is 11.8 Å². The van der Waals surface area contributed by atoms with Gasteiger partial charge in [-0.2, -0.15) is 11.8 Å². The first-order chi connectivity index (χ1) is 5.57. The SMILES string of the molecule is CCC(C)CSCC(N)C(=O)O. The van der Waals surface area contributed by atoms with Crippen LogP contribution in [-0.2, 0) is 4.79 Å². The lowest BCUT2D eigenvalue weighted by Crippen LogP contribution is -2.32. The zero-order chi connectivity index (χ0) is 9.56. The maximum atomic E-state index is 10.3. The molecule has 0 heterocycles. The molecule has 0 aromatic rings. The van der Waals surface area contributed by atoms with Gasteiger partial charge in [0.15, 0.2) is 0 Å². The molecule has 3 nitrogen and oxygen atoms in total. The summed E-state index contributed by atoms with van der Waals surface area (Å²) in [5, 5.41) is 8.47. The van der Waals surface area contributed by atoms with E-state index in [1.807, 2.05) is 0 Å². The van der Waals surface area contributed by atoms with E-state index >= 15 is 0 Å². The number of carbonyl (C=O) groups is 1. The van der Waals surface area contributed by atoms with Crippen molar-refractivity contribution in [1.29, 1.82) is 0 Å². The molecule has 3 N–H and O–H groups in total. The molecule has 0 aliphatic carbocycles. The Morgan fingerprint density at radius 1 is 1.58 bits per heavy atom. The van der Waals surface area contributed by atoms with Gasteiger partial charge in [-0.15, -0.1) is 0 Å². The normalized spacial score (nSPS) is 15.6. The topological polar surface area (TPSA) is 63.3 Å². The predicted molar refractivity (Wildman–Crippen MR) is 52.4 cm³/mol. The molecule has 0 saturated carbocycles. The highest BCUT2D eigenvalue weighted by Gasteiger charge is 2.11. The van der Waals surface area contributed by atoms with Crippen LogP contribution in [0, 0.1) is 5.92 Å². The number of carboxylic acids is 1. The monoisotopic (exact) mass is 191 g/mol. The summed E-state index contributed by atoms with van der Waals surface area (Å²) in [6.45, 7) is 4.28. The lowest BCUT2D eigenvalue weighted by molar-refractivity contribution is -0.137. The molecule has 12 heavy (non-hydrogen) atoms. The van der Waals surface area contributed by atoms with Crippen molar-refractivity contribution in [1.82, 2.24) is 0 Å². The molecule has 0 aliphatic heterocycles. The van der Waals surface area contributed by atoms with Crippen LogP contribution in [0.15, 0.2) is 0 Å². The maximum Gasteiger partial charge on any atom is 0.321 e. The van der Waals surface area contributed by atoms with Crippen molar-refractivity contribution in [2.75, 3.05) is 11.5 Å². The second kappa shape index (κ2) is 6.31. The van der Waals surface area contributed by atoms with E-state index in [4.69, 9.17) is 10.8 Å². The Morgan fingerprint density at radius 2 is 2.17 bits per heavy atom. The van der Waals surface area contributed by atoms with E-state index in [2.05, 4.69) is 13.8 Å². The van der Waals surface area contributed by atoms with Gasteiger partial charge < -0.3 is 10.8 Å². The predicted octanol–water partition coefficient (Wildman–Crippen LogP) is 1.18. The van der Waals surface area contributed by atoms with E-state index in [1.165, 1.54) is 0 Å². The van der Waals surface area contributed by atoms with Crippen LogP contribution in [0.1, 0.15) is 20.3 Å². The Hall–Kier alpha value is -0.220. The van der Waals surface area contributed by atoms with Gasteiger partial charge in [-0.25, -0.2) is 0 Å². The Kier molecular flexibility index (Phi) is 6.20. The number of hydrogen-bond acceptors (Lipinski definition) is 3. The summed E-state index contributed by atoms with van der Waals surface area (Å²) in [5.74, 6) is 1.25. The van der Waals surface area contributed by atoms with Crippen LogP contribution in [0.4, 0.5) is 0 Å². The lowest BCUT2D eigenvalue weighted by Gasteiger charge is -2.09. The molecule has 0 fully saturated rings. The summed E-state index contributed by atoms with van der Waals surface area (Å²) in [5.41, 5.74) is 5.32. The van der Waals surface area contributed by atoms with Gasteiger partial charge in [-0.3, -0.25) is 4.79 Å². The molecule has 2 unspecified atom stereocenters. The molecular weight excluding hydrogens is 174 g/mol. The molecule has 2 atom stereocenters. The minimum absolute atomic E-state index is 0.514. The fourth-order valence-corrected chi connectivity index (χ4v) is 1.76. The average molecular weight is 191 g/mol. The highest BCUT2D eigenvalue weighted by atomic mass is 32.2. The van der Waals surface area contributed by atoms with Crippen LogP contribution < -0.4 is 5.73 Å². The molecule has 0 aromatic heterocycles. The first-order valence-electron chi connectivity index (χ1n) is 4.14. The van der Waals surface area contributed by atoms with Crippen molar-refractivity contribution in [2.45, 2.75) is 26.3 Å². The third-order valence-electron chi connectivity index (χ3n) is 1.71. The molecule has 0 saturated heterocycles. The molecule has 0 spiro atoms. The van der Waals surface area contributed by atoms with Crippen LogP contribution in [-0.4, -0.2) is 28.6 Å². The summed E-state index contributed by atoms with van der Waals surface area (Å²) < 4.78 is 0. The molecule has 0 amide bonds. The molecule has 0 bridgehead atoms. The van der Waals surface area contributed by atoms with Crippen molar-refractivity contribution in [3.8, 4) is 0 Å². The number of hydrogen-bond donors (Lipinski definition) is 2.